The topological polar surface area (TPSA) is 101 Å². The van der Waals surface area contributed by atoms with Gasteiger partial charge in [0.2, 0.25) is 5.95 Å². The summed E-state index contributed by atoms with van der Waals surface area (Å²) < 4.78 is 22.3. The number of aliphatic hydroxyl groups is 1. The van der Waals surface area contributed by atoms with E-state index >= 15 is 0 Å². The molecule has 0 spiro atoms. The summed E-state index contributed by atoms with van der Waals surface area (Å²) in [5.74, 6) is -0.420. The number of aromatic nitrogens is 3. The zero-order chi connectivity index (χ0) is 26.1. The zero-order valence-corrected chi connectivity index (χ0v) is 22.0. The molecule has 10 heteroatoms. The Morgan fingerprint density at radius 2 is 2.06 bits per heavy atom. The zero-order valence-electron chi connectivity index (χ0n) is 21.2. The maximum atomic E-state index is 15.0. The molecule has 3 aromatic rings. The molecule has 0 saturated carbocycles. The van der Waals surface area contributed by atoms with E-state index in [1.807, 2.05) is 34.6 Å². The molecule has 3 heterocycles. The van der Waals surface area contributed by atoms with E-state index in [1.54, 1.807) is 12.1 Å². The third kappa shape index (κ3) is 5.25. The minimum absolute atomic E-state index is 0.0181. The van der Waals surface area contributed by atoms with Crippen molar-refractivity contribution in [2.75, 3.05) is 18.5 Å². The maximum absolute atomic E-state index is 15.0. The van der Waals surface area contributed by atoms with E-state index in [0.29, 0.717) is 41.6 Å². The number of nitrogens with zero attached hydrogens (tertiary/aromatic N) is 3. The number of halogens is 2. The van der Waals surface area contributed by atoms with Gasteiger partial charge in [0, 0.05) is 42.1 Å². The van der Waals surface area contributed by atoms with Gasteiger partial charge in [0.25, 0.3) is 0 Å². The quantitative estimate of drug-likeness (QED) is 0.431. The average Bonchev–Trinajstić information content (AvgIpc) is 2.82. The van der Waals surface area contributed by atoms with Crippen molar-refractivity contribution in [2.45, 2.75) is 71.8 Å². The number of anilines is 1. The lowest BCUT2D eigenvalue weighted by Crippen LogP contribution is -2.42. The van der Waals surface area contributed by atoms with Crippen LogP contribution in [-0.2, 0) is 11.3 Å². The van der Waals surface area contributed by atoms with Crippen LogP contribution in [0.3, 0.4) is 0 Å². The summed E-state index contributed by atoms with van der Waals surface area (Å²) in [6, 6.07) is 3.28. The fourth-order valence-corrected chi connectivity index (χ4v) is 4.89. The number of benzene rings is 1. The van der Waals surface area contributed by atoms with Gasteiger partial charge in [0.15, 0.2) is 11.2 Å². The highest BCUT2D eigenvalue weighted by molar-refractivity contribution is 6.35. The van der Waals surface area contributed by atoms with Crippen molar-refractivity contribution >= 4 is 28.5 Å². The summed E-state index contributed by atoms with van der Waals surface area (Å²) in [5.41, 5.74) is 2.47. The number of pyridine rings is 1. The lowest BCUT2D eigenvalue weighted by atomic mass is 10.0. The molecule has 0 amide bonds. The first-order valence-electron chi connectivity index (χ1n) is 12.2. The van der Waals surface area contributed by atoms with Gasteiger partial charge in [0.1, 0.15) is 5.69 Å². The van der Waals surface area contributed by atoms with Gasteiger partial charge in [-0.3, -0.25) is 4.79 Å². The predicted molar refractivity (Wildman–Crippen MR) is 140 cm³/mol. The molecule has 1 aliphatic heterocycles. The van der Waals surface area contributed by atoms with Crippen LogP contribution < -0.4 is 16.1 Å². The van der Waals surface area contributed by atoms with Gasteiger partial charge in [-0.2, -0.15) is 0 Å². The highest BCUT2D eigenvalue weighted by Gasteiger charge is 2.25. The lowest BCUT2D eigenvalue weighted by molar-refractivity contribution is -0.0136. The average molecular weight is 518 g/mol. The second-order valence-electron chi connectivity index (χ2n) is 9.82. The van der Waals surface area contributed by atoms with E-state index in [-0.39, 0.29) is 46.8 Å². The van der Waals surface area contributed by atoms with Crippen LogP contribution in [0.25, 0.3) is 22.2 Å². The normalized spacial score (nSPS) is 18.4. The number of ether oxygens (including phenoxy) is 1. The molecular weight excluding hydrogens is 485 g/mol. The Morgan fingerprint density at radius 1 is 1.31 bits per heavy atom. The fourth-order valence-electron chi connectivity index (χ4n) is 4.59. The van der Waals surface area contributed by atoms with Crippen LogP contribution in [0, 0.1) is 12.7 Å². The number of hydrogen-bond donors (Lipinski definition) is 3. The lowest BCUT2D eigenvalue weighted by Gasteiger charge is -2.28. The second kappa shape index (κ2) is 10.8. The van der Waals surface area contributed by atoms with Gasteiger partial charge in [-0.1, -0.05) is 25.4 Å². The van der Waals surface area contributed by atoms with Gasteiger partial charge in [-0.05, 0) is 39.3 Å². The van der Waals surface area contributed by atoms with Gasteiger partial charge < -0.3 is 25.0 Å². The number of aliphatic hydroxyl groups excluding tert-OH is 1. The van der Waals surface area contributed by atoms with Crippen molar-refractivity contribution < 1.29 is 14.2 Å². The first kappa shape index (κ1) is 26.5. The summed E-state index contributed by atoms with van der Waals surface area (Å²) in [5, 5.41) is 17.3. The van der Waals surface area contributed by atoms with E-state index in [9.17, 15) is 14.3 Å². The van der Waals surface area contributed by atoms with Crippen molar-refractivity contribution in [3.05, 3.63) is 50.7 Å². The summed E-state index contributed by atoms with van der Waals surface area (Å²) in [6.07, 6.45) is 0.955. The van der Waals surface area contributed by atoms with Crippen LogP contribution in [0.15, 0.2) is 23.1 Å². The third-order valence-corrected chi connectivity index (χ3v) is 6.77. The monoisotopic (exact) mass is 517 g/mol. The van der Waals surface area contributed by atoms with Crippen LogP contribution in [0.2, 0.25) is 5.02 Å². The highest BCUT2D eigenvalue weighted by Crippen LogP contribution is 2.33. The van der Waals surface area contributed by atoms with E-state index in [1.165, 1.54) is 0 Å². The molecule has 1 aromatic carbocycles. The Hall–Kier alpha value is -2.59. The van der Waals surface area contributed by atoms with E-state index in [2.05, 4.69) is 25.2 Å². The molecule has 0 bridgehead atoms. The van der Waals surface area contributed by atoms with Gasteiger partial charge in [0.05, 0.1) is 40.9 Å². The molecule has 4 rings (SSSR count). The van der Waals surface area contributed by atoms with Crippen molar-refractivity contribution in [3.63, 3.8) is 0 Å². The van der Waals surface area contributed by atoms with Crippen LogP contribution in [0.1, 0.15) is 51.4 Å². The number of nitrogens with one attached hydrogen (secondary N) is 2. The largest absolute Gasteiger partial charge is 0.389 e. The molecule has 0 aliphatic carbocycles. The Morgan fingerprint density at radius 3 is 2.72 bits per heavy atom. The summed E-state index contributed by atoms with van der Waals surface area (Å²) in [7, 11) is 0. The van der Waals surface area contributed by atoms with Crippen LogP contribution in [0.4, 0.5) is 10.3 Å². The molecule has 1 saturated heterocycles. The third-order valence-electron chi connectivity index (χ3n) is 6.47. The Labute approximate surface area is 214 Å². The molecule has 0 unspecified atom stereocenters. The number of fused-ring (bicyclic) bond motifs is 1. The van der Waals surface area contributed by atoms with E-state index in [4.69, 9.17) is 16.3 Å². The van der Waals surface area contributed by atoms with Crippen LogP contribution >= 0.6 is 11.6 Å². The van der Waals surface area contributed by atoms with Crippen molar-refractivity contribution in [1.29, 1.82) is 0 Å². The Bertz CT molecular complexity index is 1330. The molecule has 36 heavy (non-hydrogen) atoms. The molecule has 1 fully saturated rings. The molecule has 2 aromatic heterocycles. The van der Waals surface area contributed by atoms with Gasteiger partial charge in [-0.15, -0.1) is 0 Å². The number of rotatable bonds is 7. The standard InChI is InChI=1S/C26H33ClFN5O3/c1-13(2)29-11-21-15(5)25(35)23-17(27)8-16(9-20(23)33(21)14(3)4)24-18(28)10-30-26(32-24)31-19-6-7-36-12-22(19)34/h8-10,13-14,19,22,29,34H,6-7,11-12H2,1-5H3,(H,30,31,32)/t19-,22-/m1/s1. The molecule has 3 N–H and O–H groups in total. The Balaban J connectivity index is 1.86. The highest BCUT2D eigenvalue weighted by atomic mass is 35.5. The molecule has 194 valence electrons. The second-order valence-corrected chi connectivity index (χ2v) is 10.2. The smallest absolute Gasteiger partial charge is 0.223 e. The summed E-state index contributed by atoms with van der Waals surface area (Å²) in [6.45, 7) is 11.2. The molecule has 8 nitrogen and oxygen atoms in total. The van der Waals surface area contributed by atoms with Crippen LogP contribution in [0.5, 0.6) is 0 Å². The fraction of sp³-hybridized carbons (Fsp3) is 0.500. The predicted octanol–water partition coefficient (Wildman–Crippen LogP) is 4.20. The van der Waals surface area contributed by atoms with Crippen molar-refractivity contribution in [2.24, 2.45) is 0 Å². The minimum Gasteiger partial charge on any atom is -0.389 e. The maximum Gasteiger partial charge on any atom is 0.223 e. The molecule has 0 radical (unpaired) electrons. The van der Waals surface area contributed by atoms with E-state index < -0.39 is 11.9 Å². The van der Waals surface area contributed by atoms with Crippen molar-refractivity contribution in [3.8, 4) is 11.3 Å². The number of hydrogen-bond acceptors (Lipinski definition) is 7. The molecule has 1 aliphatic rings. The summed E-state index contributed by atoms with van der Waals surface area (Å²) >= 11 is 6.66. The van der Waals surface area contributed by atoms with E-state index in [0.717, 1.165) is 11.9 Å². The SMILES string of the molecule is Cc1c(CNC(C)C)n(C(C)C)c2cc(-c3nc(N[C@@H]4CCOC[C@H]4O)ncc3F)cc(Cl)c2c1=O. The van der Waals surface area contributed by atoms with Gasteiger partial charge >= 0.3 is 0 Å². The first-order valence-corrected chi connectivity index (χ1v) is 12.6. The summed E-state index contributed by atoms with van der Waals surface area (Å²) in [4.78, 5) is 21.8. The van der Waals surface area contributed by atoms with Crippen LogP contribution in [-0.4, -0.2) is 51.0 Å². The first-order chi connectivity index (χ1) is 17.1. The molecular formula is C26H33ClFN5O3. The van der Waals surface area contributed by atoms with Crippen molar-refractivity contribution in [1.82, 2.24) is 19.9 Å². The minimum atomic E-state index is -0.715. The molecule has 2 atom stereocenters. The van der Waals surface area contributed by atoms with Gasteiger partial charge in [-0.25, -0.2) is 14.4 Å². The Kier molecular flexibility index (Phi) is 7.94.